The predicted molar refractivity (Wildman–Crippen MR) is 102 cm³/mol. The van der Waals surface area contributed by atoms with Gasteiger partial charge in [0.05, 0.1) is 21.7 Å². The van der Waals surface area contributed by atoms with Crippen molar-refractivity contribution in [2.24, 2.45) is 10.9 Å². The van der Waals surface area contributed by atoms with Gasteiger partial charge in [-0.05, 0) is 38.0 Å². The lowest BCUT2D eigenvalue weighted by atomic mass is 10.1. The molecule has 1 heterocycles. The summed E-state index contributed by atoms with van der Waals surface area (Å²) in [7, 11) is -3.36. The number of hydrogen-bond acceptors (Lipinski definition) is 6. The van der Waals surface area contributed by atoms with Crippen LogP contribution in [-0.4, -0.2) is 37.7 Å². The highest BCUT2D eigenvalue weighted by Crippen LogP contribution is 2.26. The van der Waals surface area contributed by atoms with Gasteiger partial charge in [0.2, 0.25) is 0 Å². The summed E-state index contributed by atoms with van der Waals surface area (Å²) in [6.45, 7) is 1.90. The molecular formula is C18H22N2O5S2. The number of rotatable bonds is 5. The van der Waals surface area contributed by atoms with Crippen LogP contribution < -0.4 is 4.80 Å². The third-order valence-corrected chi connectivity index (χ3v) is 6.74. The van der Waals surface area contributed by atoms with Gasteiger partial charge in [-0.25, -0.2) is 8.42 Å². The average molecular weight is 411 g/mol. The van der Waals surface area contributed by atoms with E-state index < -0.39 is 15.8 Å². The maximum Gasteiger partial charge on any atom is 0.326 e. The van der Waals surface area contributed by atoms with Gasteiger partial charge in [-0.3, -0.25) is 9.59 Å². The largest absolute Gasteiger partial charge is 0.465 e. The Kier molecular flexibility index (Phi) is 5.81. The van der Waals surface area contributed by atoms with Crippen molar-refractivity contribution in [3.05, 3.63) is 23.0 Å². The minimum absolute atomic E-state index is 0.0714. The molecule has 146 valence electrons. The molecule has 0 radical (unpaired) electrons. The summed E-state index contributed by atoms with van der Waals surface area (Å²) in [5.41, 5.74) is 0.651. The highest BCUT2D eigenvalue weighted by Gasteiger charge is 2.23. The number of ether oxygens (including phenoxy) is 1. The molecule has 2 aromatic rings. The molecule has 1 saturated carbocycles. The van der Waals surface area contributed by atoms with Crippen LogP contribution in [0.2, 0.25) is 0 Å². The van der Waals surface area contributed by atoms with Gasteiger partial charge in [0.1, 0.15) is 6.54 Å². The van der Waals surface area contributed by atoms with E-state index in [1.54, 1.807) is 23.6 Å². The minimum atomic E-state index is -3.36. The Morgan fingerprint density at radius 2 is 2.00 bits per heavy atom. The summed E-state index contributed by atoms with van der Waals surface area (Å²) in [6, 6.07) is 4.69. The number of aromatic nitrogens is 1. The molecule has 1 aromatic carbocycles. The number of fused-ring (bicyclic) bond motifs is 1. The van der Waals surface area contributed by atoms with Gasteiger partial charge >= 0.3 is 5.97 Å². The maximum absolute atomic E-state index is 12.5. The van der Waals surface area contributed by atoms with Crippen molar-refractivity contribution in [3.8, 4) is 0 Å². The van der Waals surface area contributed by atoms with Crippen LogP contribution in [-0.2, 0) is 30.7 Å². The van der Waals surface area contributed by atoms with E-state index in [1.807, 2.05) is 0 Å². The molecule has 9 heteroatoms. The molecule has 0 bridgehead atoms. The van der Waals surface area contributed by atoms with E-state index in [4.69, 9.17) is 4.74 Å². The minimum Gasteiger partial charge on any atom is -0.465 e. The van der Waals surface area contributed by atoms with Crippen molar-refractivity contribution >= 4 is 43.3 Å². The summed E-state index contributed by atoms with van der Waals surface area (Å²) in [5, 5.41) is 0. The number of esters is 1. The van der Waals surface area contributed by atoms with E-state index in [0.29, 0.717) is 15.0 Å². The molecule has 3 rings (SSSR count). The van der Waals surface area contributed by atoms with Crippen LogP contribution in [0.5, 0.6) is 0 Å². The molecule has 1 amide bonds. The van der Waals surface area contributed by atoms with Crippen LogP contribution in [0.1, 0.15) is 32.6 Å². The van der Waals surface area contributed by atoms with E-state index in [1.165, 1.54) is 17.4 Å². The fraction of sp³-hybridized carbons (Fsp3) is 0.500. The third kappa shape index (κ3) is 4.47. The predicted octanol–water partition coefficient (Wildman–Crippen LogP) is 2.29. The summed E-state index contributed by atoms with van der Waals surface area (Å²) in [5.74, 6) is -0.683. The molecule has 1 aliphatic rings. The lowest BCUT2D eigenvalue weighted by Crippen LogP contribution is -2.24. The standard InChI is InChI=1S/C18H22N2O5S2/c1-3-25-16(21)11-20-14-9-8-13(27(2,23)24)10-15(14)26-18(20)19-17(22)12-6-4-5-7-12/h8-10,12H,3-7,11H2,1-2H3. The first kappa shape index (κ1) is 19.8. The first-order chi connectivity index (χ1) is 12.8. The molecule has 7 nitrogen and oxygen atoms in total. The fourth-order valence-corrected chi connectivity index (χ4v) is 5.01. The van der Waals surface area contributed by atoms with E-state index in [2.05, 4.69) is 4.99 Å². The number of carbonyl (C=O) groups is 2. The van der Waals surface area contributed by atoms with Crippen molar-refractivity contribution < 1.29 is 22.7 Å². The molecule has 0 aliphatic heterocycles. The van der Waals surface area contributed by atoms with Gasteiger partial charge in [-0.15, -0.1) is 0 Å². The van der Waals surface area contributed by atoms with Crippen LogP contribution in [0.3, 0.4) is 0 Å². The zero-order valence-corrected chi connectivity index (χ0v) is 16.9. The fourth-order valence-electron chi connectivity index (χ4n) is 3.22. The second kappa shape index (κ2) is 7.93. The van der Waals surface area contributed by atoms with Crippen molar-refractivity contribution in [1.29, 1.82) is 0 Å². The number of sulfone groups is 1. The molecule has 0 atom stereocenters. The van der Waals surface area contributed by atoms with Crippen LogP contribution in [0, 0.1) is 5.92 Å². The summed E-state index contributed by atoms with van der Waals surface area (Å²) >= 11 is 1.20. The number of amides is 1. The Morgan fingerprint density at radius 1 is 1.30 bits per heavy atom. The second-order valence-corrected chi connectivity index (χ2v) is 9.63. The monoisotopic (exact) mass is 410 g/mol. The van der Waals surface area contributed by atoms with Crippen molar-refractivity contribution in [1.82, 2.24) is 4.57 Å². The van der Waals surface area contributed by atoms with Crippen molar-refractivity contribution in [2.45, 2.75) is 44.0 Å². The quantitative estimate of drug-likeness (QED) is 0.705. The maximum atomic E-state index is 12.5. The lowest BCUT2D eigenvalue weighted by Gasteiger charge is -2.06. The topological polar surface area (TPSA) is 94.8 Å². The highest BCUT2D eigenvalue weighted by atomic mass is 32.2. The molecule has 0 saturated heterocycles. The molecule has 27 heavy (non-hydrogen) atoms. The van der Waals surface area contributed by atoms with Crippen LogP contribution in [0.25, 0.3) is 10.2 Å². The number of hydrogen-bond donors (Lipinski definition) is 0. The Bertz CT molecular complexity index is 1040. The molecule has 1 aliphatic carbocycles. The normalized spacial score (nSPS) is 16.1. The molecule has 0 unspecified atom stereocenters. The van der Waals surface area contributed by atoms with Gasteiger partial charge in [0.25, 0.3) is 5.91 Å². The Hall–Kier alpha value is -2.00. The Morgan fingerprint density at radius 3 is 2.63 bits per heavy atom. The summed E-state index contributed by atoms with van der Waals surface area (Å²) in [6.07, 6.45) is 4.87. The zero-order chi connectivity index (χ0) is 19.6. The molecular weight excluding hydrogens is 388 g/mol. The van der Waals surface area contributed by atoms with Crippen molar-refractivity contribution in [2.75, 3.05) is 12.9 Å². The van der Waals surface area contributed by atoms with E-state index >= 15 is 0 Å². The van der Waals surface area contributed by atoms with Crippen LogP contribution >= 0.6 is 11.3 Å². The lowest BCUT2D eigenvalue weighted by molar-refractivity contribution is -0.143. The number of carbonyl (C=O) groups excluding carboxylic acids is 2. The number of nitrogens with zero attached hydrogens (tertiary/aromatic N) is 2. The first-order valence-electron chi connectivity index (χ1n) is 8.87. The van der Waals surface area contributed by atoms with Crippen molar-refractivity contribution in [3.63, 3.8) is 0 Å². The van der Waals surface area contributed by atoms with Crippen LogP contribution in [0.15, 0.2) is 28.1 Å². The molecule has 1 fully saturated rings. The van der Waals surface area contributed by atoms with E-state index in [9.17, 15) is 18.0 Å². The second-order valence-electron chi connectivity index (χ2n) is 6.61. The van der Waals surface area contributed by atoms with Crippen LogP contribution in [0.4, 0.5) is 0 Å². The molecule has 1 aromatic heterocycles. The summed E-state index contributed by atoms with van der Waals surface area (Å²) < 4.78 is 31.0. The third-order valence-electron chi connectivity index (χ3n) is 4.59. The Balaban J connectivity index is 2.11. The summed E-state index contributed by atoms with van der Waals surface area (Å²) in [4.78, 5) is 29.4. The SMILES string of the molecule is CCOC(=O)Cn1c(=NC(=O)C2CCCC2)sc2cc(S(C)(=O)=O)ccc21. The van der Waals surface area contributed by atoms with Gasteiger partial charge in [-0.2, -0.15) is 4.99 Å². The van der Waals surface area contributed by atoms with E-state index in [0.717, 1.165) is 31.9 Å². The molecule has 0 spiro atoms. The molecule has 0 N–H and O–H groups in total. The highest BCUT2D eigenvalue weighted by molar-refractivity contribution is 7.90. The smallest absolute Gasteiger partial charge is 0.326 e. The number of thiazole rings is 1. The number of benzene rings is 1. The van der Waals surface area contributed by atoms with Gasteiger partial charge in [0, 0.05) is 12.2 Å². The van der Waals surface area contributed by atoms with Gasteiger partial charge < -0.3 is 9.30 Å². The first-order valence-corrected chi connectivity index (χ1v) is 11.6. The average Bonchev–Trinajstić information content (AvgIpc) is 3.23. The Labute approximate surface area is 161 Å². The van der Waals surface area contributed by atoms with E-state index in [-0.39, 0.29) is 29.9 Å². The van der Waals surface area contributed by atoms with Gasteiger partial charge in [0.15, 0.2) is 14.6 Å². The zero-order valence-electron chi connectivity index (χ0n) is 15.3. The van der Waals surface area contributed by atoms with Gasteiger partial charge in [-0.1, -0.05) is 24.2 Å².